The Morgan fingerprint density at radius 3 is 2.62 bits per heavy atom. The van der Waals surface area contributed by atoms with E-state index in [-0.39, 0.29) is 23.9 Å². The molecule has 0 fully saturated rings. The molecule has 0 aliphatic heterocycles. The zero-order valence-corrected chi connectivity index (χ0v) is 25.5. The van der Waals surface area contributed by atoms with Crippen molar-refractivity contribution in [3.05, 3.63) is 94.7 Å². The maximum Gasteiger partial charge on any atom is 0.251 e. The number of nitriles is 1. The average molecular weight is 538 g/mol. The molecule has 1 aromatic carbocycles. The van der Waals surface area contributed by atoms with Gasteiger partial charge in [-0.05, 0) is 101 Å². The number of carbonyl (C=O) groups excluding carboxylic acids is 1. The van der Waals surface area contributed by atoms with Gasteiger partial charge in [0.15, 0.2) is 0 Å². The van der Waals surface area contributed by atoms with Crippen molar-refractivity contribution in [2.75, 3.05) is 11.9 Å². The van der Waals surface area contributed by atoms with Crippen LogP contribution >= 0.6 is 0 Å². The number of carbonyl (C=O) groups is 1. The molecule has 2 aliphatic carbocycles. The van der Waals surface area contributed by atoms with Gasteiger partial charge in [0.2, 0.25) is 0 Å². The molecule has 0 bridgehead atoms. The molecule has 0 saturated carbocycles. The summed E-state index contributed by atoms with van der Waals surface area (Å²) in [6, 6.07) is 11.2. The van der Waals surface area contributed by atoms with Crippen molar-refractivity contribution in [1.82, 2.24) is 5.32 Å². The number of amides is 1. The lowest BCUT2D eigenvalue weighted by Gasteiger charge is -2.39. The van der Waals surface area contributed by atoms with Crippen LogP contribution in [0.15, 0.2) is 89.1 Å². The Bertz CT molecular complexity index is 1280. The number of rotatable bonds is 9. The second kappa shape index (κ2) is 14.7. The van der Waals surface area contributed by atoms with E-state index in [1.54, 1.807) is 0 Å². The van der Waals surface area contributed by atoms with Gasteiger partial charge in [-0.15, -0.1) is 0 Å². The van der Waals surface area contributed by atoms with Gasteiger partial charge in [-0.1, -0.05) is 67.5 Å². The van der Waals surface area contributed by atoms with Gasteiger partial charge in [0.05, 0.1) is 12.1 Å². The fourth-order valence-corrected chi connectivity index (χ4v) is 5.69. The van der Waals surface area contributed by atoms with E-state index in [0.717, 1.165) is 48.8 Å². The van der Waals surface area contributed by atoms with Gasteiger partial charge in [0.1, 0.15) is 0 Å². The summed E-state index contributed by atoms with van der Waals surface area (Å²) in [6.07, 6.45) is 20.2. The van der Waals surface area contributed by atoms with Gasteiger partial charge >= 0.3 is 0 Å². The highest BCUT2D eigenvalue weighted by Gasteiger charge is 2.30. The molecule has 0 spiro atoms. The normalized spacial score (nSPS) is 22.6. The van der Waals surface area contributed by atoms with Gasteiger partial charge in [-0.2, -0.15) is 5.26 Å². The lowest BCUT2D eigenvalue weighted by molar-refractivity contribution is -0.117. The minimum atomic E-state index is 0.0145. The molecule has 0 heterocycles. The Morgan fingerprint density at radius 2 is 1.95 bits per heavy atom. The molecule has 4 nitrogen and oxygen atoms in total. The molecule has 1 aromatic rings. The lowest BCUT2D eigenvalue weighted by Crippen LogP contribution is -2.40. The summed E-state index contributed by atoms with van der Waals surface area (Å²) >= 11 is 0. The SMILES string of the molecule is C/C=C(\C=C(/C(C)C)C1C=CCCC1N(C)c1cccc(/C(C)=C/C=C(\C)C#N)c1)C(=O)NC1CCCC=C1C. The first kappa shape index (κ1) is 31.0. The zero-order chi connectivity index (χ0) is 29.2. The second-order valence-electron chi connectivity index (χ2n) is 11.5. The van der Waals surface area contributed by atoms with Crippen molar-refractivity contribution in [2.45, 2.75) is 85.7 Å². The summed E-state index contributed by atoms with van der Waals surface area (Å²) in [5.41, 5.74) is 7.43. The molecule has 1 N–H and O–H groups in total. The third-order valence-electron chi connectivity index (χ3n) is 8.32. The van der Waals surface area contributed by atoms with Crippen LogP contribution in [0.5, 0.6) is 0 Å². The van der Waals surface area contributed by atoms with Gasteiger partial charge in [0, 0.05) is 35.8 Å². The molecule has 0 saturated heterocycles. The Kier molecular flexibility index (Phi) is 11.4. The fraction of sp³-hybridized carbons (Fsp3) is 0.444. The summed E-state index contributed by atoms with van der Waals surface area (Å²) in [5.74, 6) is 0.523. The fourth-order valence-electron chi connectivity index (χ4n) is 5.69. The van der Waals surface area contributed by atoms with E-state index in [1.165, 1.54) is 16.8 Å². The van der Waals surface area contributed by atoms with Gasteiger partial charge in [-0.3, -0.25) is 4.79 Å². The molecule has 3 atom stereocenters. The number of benzene rings is 1. The highest BCUT2D eigenvalue weighted by molar-refractivity contribution is 5.96. The van der Waals surface area contributed by atoms with Crippen molar-refractivity contribution in [3.8, 4) is 6.07 Å². The molecule has 212 valence electrons. The first-order valence-electron chi connectivity index (χ1n) is 14.8. The Balaban J connectivity index is 1.89. The monoisotopic (exact) mass is 537 g/mol. The topological polar surface area (TPSA) is 56.1 Å². The summed E-state index contributed by atoms with van der Waals surface area (Å²) in [6.45, 7) is 12.5. The highest BCUT2D eigenvalue weighted by atomic mass is 16.1. The zero-order valence-electron chi connectivity index (χ0n) is 25.5. The van der Waals surface area contributed by atoms with Crippen LogP contribution in [-0.4, -0.2) is 25.0 Å². The molecule has 2 aliphatic rings. The van der Waals surface area contributed by atoms with Crippen LogP contribution in [0.2, 0.25) is 0 Å². The average Bonchev–Trinajstić information content (AvgIpc) is 2.96. The molecule has 40 heavy (non-hydrogen) atoms. The van der Waals surface area contributed by atoms with Crippen LogP contribution in [0.4, 0.5) is 5.69 Å². The first-order chi connectivity index (χ1) is 19.2. The van der Waals surface area contributed by atoms with Crippen molar-refractivity contribution in [2.24, 2.45) is 11.8 Å². The predicted octanol–water partition coefficient (Wildman–Crippen LogP) is 8.47. The maximum absolute atomic E-state index is 13.4. The smallest absolute Gasteiger partial charge is 0.251 e. The Labute approximate surface area is 242 Å². The second-order valence-corrected chi connectivity index (χ2v) is 11.5. The van der Waals surface area contributed by atoms with Crippen molar-refractivity contribution in [3.63, 3.8) is 0 Å². The van der Waals surface area contributed by atoms with Crippen molar-refractivity contribution in [1.29, 1.82) is 5.26 Å². The molecule has 3 rings (SSSR count). The van der Waals surface area contributed by atoms with E-state index in [1.807, 2.05) is 32.1 Å². The molecule has 0 radical (unpaired) electrons. The lowest BCUT2D eigenvalue weighted by atomic mass is 9.78. The third-order valence-corrected chi connectivity index (χ3v) is 8.32. The number of anilines is 1. The summed E-state index contributed by atoms with van der Waals surface area (Å²) in [7, 11) is 2.19. The standard InChI is InChI=1S/C36H47N3O/c1-8-29(36(40)38-34-18-11-9-14-28(34)6)23-33(25(2)3)32-17-10-12-19-35(32)39(7)31-16-13-15-30(22-31)27(5)21-20-26(4)24-37/h8,10,13-17,20-23,25,32,34-35H,9,11-12,18-19H2,1-7H3,(H,38,40)/b26-20+,27-21+,29-8+,33-23+. The Morgan fingerprint density at radius 1 is 1.18 bits per heavy atom. The number of nitrogens with one attached hydrogen (secondary N) is 1. The van der Waals surface area contributed by atoms with Crippen LogP contribution in [0.3, 0.4) is 0 Å². The van der Waals surface area contributed by atoms with Gasteiger partial charge in [0.25, 0.3) is 5.91 Å². The largest absolute Gasteiger partial charge is 0.371 e. The van der Waals surface area contributed by atoms with Gasteiger partial charge in [-0.25, -0.2) is 0 Å². The van der Waals surface area contributed by atoms with Crippen LogP contribution in [0, 0.1) is 23.2 Å². The minimum absolute atomic E-state index is 0.0145. The van der Waals surface area contributed by atoms with E-state index in [4.69, 9.17) is 5.26 Å². The molecule has 4 heteroatoms. The quantitative estimate of drug-likeness (QED) is 0.149. The molecular formula is C36H47N3O. The first-order valence-corrected chi connectivity index (χ1v) is 14.8. The number of hydrogen-bond donors (Lipinski definition) is 1. The molecule has 0 aromatic heterocycles. The van der Waals surface area contributed by atoms with E-state index < -0.39 is 0 Å². The van der Waals surface area contributed by atoms with E-state index in [2.05, 4.69) is 99.6 Å². The Hall–Kier alpha value is -3.58. The molecular weight excluding hydrogens is 490 g/mol. The van der Waals surface area contributed by atoms with Crippen LogP contribution in [0.1, 0.15) is 79.2 Å². The number of hydrogen-bond acceptors (Lipinski definition) is 3. The van der Waals surface area contributed by atoms with Gasteiger partial charge < -0.3 is 10.2 Å². The predicted molar refractivity (Wildman–Crippen MR) is 170 cm³/mol. The summed E-state index contributed by atoms with van der Waals surface area (Å²) in [4.78, 5) is 15.8. The highest BCUT2D eigenvalue weighted by Crippen LogP contribution is 2.36. The van der Waals surface area contributed by atoms with E-state index in [9.17, 15) is 4.79 Å². The molecule has 1 amide bonds. The van der Waals surface area contributed by atoms with Crippen LogP contribution in [0.25, 0.3) is 5.57 Å². The number of allylic oxidation sites excluding steroid dienone is 7. The van der Waals surface area contributed by atoms with Crippen LogP contribution < -0.4 is 10.2 Å². The van der Waals surface area contributed by atoms with Crippen molar-refractivity contribution >= 4 is 17.2 Å². The maximum atomic E-state index is 13.4. The molecule has 3 unspecified atom stereocenters. The van der Waals surface area contributed by atoms with E-state index >= 15 is 0 Å². The minimum Gasteiger partial charge on any atom is -0.371 e. The van der Waals surface area contributed by atoms with E-state index in [0.29, 0.717) is 11.5 Å². The van der Waals surface area contributed by atoms with Crippen molar-refractivity contribution < 1.29 is 4.79 Å². The van der Waals surface area contributed by atoms with Crippen LogP contribution in [-0.2, 0) is 4.79 Å². The third kappa shape index (κ3) is 7.98. The summed E-state index contributed by atoms with van der Waals surface area (Å²) < 4.78 is 0. The number of nitrogens with zero attached hydrogens (tertiary/aromatic N) is 2. The summed E-state index contributed by atoms with van der Waals surface area (Å²) in [5, 5.41) is 12.4.